The van der Waals surface area contributed by atoms with Crippen LogP contribution in [0.1, 0.15) is 13.8 Å². The lowest BCUT2D eigenvalue weighted by molar-refractivity contribution is 1.18. The summed E-state index contributed by atoms with van der Waals surface area (Å²) in [6.07, 6.45) is 12.1. The van der Waals surface area contributed by atoms with Crippen LogP contribution in [-0.4, -0.2) is 18.9 Å². The summed E-state index contributed by atoms with van der Waals surface area (Å²) in [6, 6.07) is 41.1. The first-order valence-corrected chi connectivity index (χ1v) is 15.4. The normalized spacial score (nSPS) is 12.0. The first-order valence-electron chi connectivity index (χ1n) is 15.4. The number of imidazole rings is 1. The minimum absolute atomic E-state index is 0.952. The van der Waals surface area contributed by atoms with Gasteiger partial charge in [-0.15, -0.1) is 0 Å². The molecule has 0 saturated heterocycles. The van der Waals surface area contributed by atoms with Crippen LogP contribution in [0, 0.1) is 0 Å². The molecule has 0 aliphatic carbocycles. The highest BCUT2D eigenvalue weighted by Crippen LogP contribution is 2.44. The number of aromatic nitrogens is 4. The number of nitrogens with zero attached hydrogens (tertiary/aromatic N) is 3. The number of pyridine rings is 1. The lowest BCUT2D eigenvalue weighted by Crippen LogP contribution is -1.95. The number of rotatable bonds is 3. The highest BCUT2D eigenvalue weighted by Gasteiger charge is 2.21. The first kappa shape index (κ1) is 26.7. The van der Waals surface area contributed by atoms with Crippen LogP contribution in [0.5, 0.6) is 0 Å². The first-order chi connectivity index (χ1) is 22.3. The molecule has 9 rings (SSSR count). The van der Waals surface area contributed by atoms with Crippen molar-refractivity contribution in [2.75, 3.05) is 0 Å². The quantitative estimate of drug-likeness (QED) is 0.207. The third-order valence-electron chi connectivity index (χ3n) is 8.56. The van der Waals surface area contributed by atoms with Crippen LogP contribution in [0.3, 0.4) is 0 Å². The Morgan fingerprint density at radius 1 is 0.622 bits per heavy atom. The average molecular weight is 581 g/mol. The van der Waals surface area contributed by atoms with E-state index in [-0.39, 0.29) is 0 Å². The van der Waals surface area contributed by atoms with Crippen LogP contribution in [0.15, 0.2) is 152 Å². The predicted octanol–water partition coefficient (Wildman–Crippen LogP) is 11.0. The third kappa shape index (κ3) is 4.34. The van der Waals surface area contributed by atoms with E-state index in [1.165, 1.54) is 54.4 Å². The van der Waals surface area contributed by atoms with Gasteiger partial charge >= 0.3 is 0 Å². The van der Waals surface area contributed by atoms with Gasteiger partial charge in [0.2, 0.25) is 0 Å². The molecule has 4 aromatic heterocycles. The van der Waals surface area contributed by atoms with Crippen LogP contribution in [0.4, 0.5) is 0 Å². The van der Waals surface area contributed by atoms with Crippen molar-refractivity contribution in [1.29, 1.82) is 0 Å². The topological polar surface area (TPSA) is 38.0 Å². The van der Waals surface area contributed by atoms with Gasteiger partial charge in [-0.2, -0.15) is 0 Å². The largest absolute Gasteiger partial charge is 0.354 e. The summed E-state index contributed by atoms with van der Waals surface area (Å²) >= 11 is 0. The van der Waals surface area contributed by atoms with Gasteiger partial charge in [0.05, 0.1) is 22.2 Å². The van der Waals surface area contributed by atoms with Gasteiger partial charge in [-0.25, -0.2) is 4.98 Å². The van der Waals surface area contributed by atoms with Crippen LogP contribution in [0.2, 0.25) is 0 Å². The maximum absolute atomic E-state index is 4.83. The number of aromatic amines is 1. The van der Waals surface area contributed by atoms with E-state index in [0.717, 1.165) is 22.6 Å². The summed E-state index contributed by atoms with van der Waals surface area (Å²) in [6.45, 7) is 4.00. The van der Waals surface area contributed by atoms with Crippen LogP contribution in [0.25, 0.3) is 77.0 Å². The second kappa shape index (κ2) is 11.0. The highest BCUT2D eigenvalue weighted by atomic mass is 15.0. The van der Waals surface area contributed by atoms with Crippen LogP contribution < -0.4 is 0 Å². The number of allylic oxidation sites excluding steroid dienone is 4. The summed E-state index contributed by atoms with van der Waals surface area (Å²) in [5.74, 6) is 0. The van der Waals surface area contributed by atoms with E-state index in [4.69, 9.17) is 4.98 Å². The Balaban J connectivity index is 0.000000460. The second-order valence-electron chi connectivity index (χ2n) is 11.2. The van der Waals surface area contributed by atoms with Crippen molar-refractivity contribution in [2.45, 2.75) is 13.8 Å². The Labute approximate surface area is 261 Å². The molecule has 1 N–H and O–H groups in total. The summed E-state index contributed by atoms with van der Waals surface area (Å²) in [5, 5.41) is 7.58. The number of nitrogens with one attached hydrogen (secondary N) is 1. The van der Waals surface area contributed by atoms with Crippen molar-refractivity contribution in [3.63, 3.8) is 0 Å². The van der Waals surface area contributed by atoms with Crippen molar-refractivity contribution in [2.24, 2.45) is 0 Å². The molecule has 0 amide bonds. The Bertz CT molecular complexity index is 2510. The fraction of sp³-hybridized carbons (Fsp3) is 0.0488. The van der Waals surface area contributed by atoms with E-state index in [2.05, 4.69) is 117 Å². The van der Waals surface area contributed by atoms with Gasteiger partial charge in [-0.3, -0.25) is 0 Å². The van der Waals surface area contributed by atoms with Gasteiger partial charge in [0, 0.05) is 61.5 Å². The van der Waals surface area contributed by atoms with E-state index < -0.39 is 0 Å². The molecule has 0 unspecified atom stereocenters. The summed E-state index contributed by atoms with van der Waals surface area (Å²) in [5.41, 5.74) is 8.97. The zero-order valence-electron chi connectivity index (χ0n) is 25.3. The van der Waals surface area contributed by atoms with E-state index in [0.29, 0.717) is 0 Å². The molecule has 4 nitrogen and oxygen atoms in total. The summed E-state index contributed by atoms with van der Waals surface area (Å²) < 4.78 is 4.50. The molecule has 0 aliphatic heterocycles. The molecule has 0 radical (unpaired) electrons. The number of para-hydroxylation sites is 2. The van der Waals surface area contributed by atoms with Crippen molar-refractivity contribution in [3.8, 4) is 16.9 Å². The Kier molecular flexibility index (Phi) is 6.54. The van der Waals surface area contributed by atoms with E-state index in [1.54, 1.807) is 0 Å². The summed E-state index contributed by atoms with van der Waals surface area (Å²) in [4.78, 5) is 8.57. The van der Waals surface area contributed by atoms with Gasteiger partial charge in [0.1, 0.15) is 5.65 Å². The van der Waals surface area contributed by atoms with Crippen LogP contribution >= 0.6 is 0 Å². The molecule has 9 aromatic rings. The Morgan fingerprint density at radius 2 is 1.29 bits per heavy atom. The maximum Gasteiger partial charge on any atom is 0.137 e. The summed E-state index contributed by atoms with van der Waals surface area (Å²) in [7, 11) is 0. The lowest BCUT2D eigenvalue weighted by atomic mass is 9.99. The number of fused-ring (bicyclic) bond motifs is 11. The molecule has 216 valence electrons. The SMILES string of the molecule is C/C=C\C=C/C.c1ccc2c(c1)[nH]c1c3ccccc3c3c(c4ccccc4n3-c3ccc(-c4cn5ccccc5n4)cc3)c21. The third-order valence-corrected chi connectivity index (χ3v) is 8.56. The van der Waals surface area contributed by atoms with E-state index in [9.17, 15) is 0 Å². The van der Waals surface area contributed by atoms with Gasteiger partial charge in [-0.1, -0.05) is 103 Å². The molecule has 0 atom stereocenters. The van der Waals surface area contributed by atoms with Gasteiger partial charge in [-0.05, 0) is 50.2 Å². The van der Waals surface area contributed by atoms with Gasteiger partial charge in [0.25, 0.3) is 0 Å². The molecular formula is C41H32N4. The molecule has 4 heteroatoms. The molecular weight excluding hydrogens is 548 g/mol. The molecule has 0 spiro atoms. The molecule has 45 heavy (non-hydrogen) atoms. The van der Waals surface area contributed by atoms with Crippen LogP contribution in [-0.2, 0) is 0 Å². The fourth-order valence-electron chi connectivity index (χ4n) is 6.60. The predicted molar refractivity (Wildman–Crippen MR) is 191 cm³/mol. The van der Waals surface area contributed by atoms with Crippen molar-refractivity contribution < 1.29 is 0 Å². The van der Waals surface area contributed by atoms with Crippen molar-refractivity contribution in [1.82, 2.24) is 18.9 Å². The standard InChI is InChI=1S/C35H22N4.C6H10/c1-2-10-25-24(9-1)34-32(26-11-3-5-13-28(26)37-34)33-27-12-4-6-14-30(27)39(35(25)33)23-18-16-22(17-19-23)29-21-38-20-8-7-15-31(38)36-29;1-3-5-6-4-2/h1-21,37H;3-6H,1-2H3/b;5-3-,6-4-. The lowest BCUT2D eigenvalue weighted by Gasteiger charge is -2.11. The number of benzene rings is 5. The molecule has 0 aliphatic rings. The van der Waals surface area contributed by atoms with Gasteiger partial charge < -0.3 is 14.0 Å². The molecule has 0 bridgehead atoms. The Hall–Kier alpha value is -5.87. The van der Waals surface area contributed by atoms with E-state index >= 15 is 0 Å². The number of hydrogen-bond acceptors (Lipinski definition) is 1. The zero-order valence-corrected chi connectivity index (χ0v) is 25.3. The minimum atomic E-state index is 0.952. The monoisotopic (exact) mass is 580 g/mol. The molecule has 4 heterocycles. The smallest absolute Gasteiger partial charge is 0.137 e. The van der Waals surface area contributed by atoms with Crippen molar-refractivity contribution in [3.05, 3.63) is 152 Å². The molecule has 0 fully saturated rings. The zero-order chi connectivity index (χ0) is 30.3. The maximum atomic E-state index is 4.83. The fourth-order valence-corrected chi connectivity index (χ4v) is 6.60. The number of hydrogen-bond donors (Lipinski definition) is 1. The molecule has 5 aromatic carbocycles. The number of H-pyrrole nitrogens is 1. The minimum Gasteiger partial charge on any atom is -0.354 e. The van der Waals surface area contributed by atoms with Gasteiger partial charge in [0.15, 0.2) is 0 Å². The molecule has 0 saturated carbocycles. The Morgan fingerprint density at radius 3 is 2.04 bits per heavy atom. The van der Waals surface area contributed by atoms with Crippen molar-refractivity contribution >= 4 is 60.0 Å². The average Bonchev–Trinajstić information content (AvgIpc) is 3.80. The highest BCUT2D eigenvalue weighted by molar-refractivity contribution is 6.36. The van der Waals surface area contributed by atoms with E-state index in [1.807, 2.05) is 62.5 Å². The second-order valence-corrected chi connectivity index (χ2v) is 11.2.